The number of rotatable bonds is 2. The van der Waals surface area contributed by atoms with Crippen molar-refractivity contribution in [1.29, 1.82) is 0 Å². The molecule has 1 aromatic carbocycles. The molecule has 0 saturated carbocycles. The lowest BCUT2D eigenvalue weighted by Gasteiger charge is -2.26. The van der Waals surface area contributed by atoms with E-state index in [4.69, 9.17) is 0 Å². The lowest BCUT2D eigenvalue weighted by Crippen LogP contribution is -2.32. The van der Waals surface area contributed by atoms with Gasteiger partial charge in [-0.2, -0.15) is 0 Å². The fourth-order valence-electron chi connectivity index (χ4n) is 3.77. The molecule has 3 unspecified atom stereocenters. The highest BCUT2D eigenvalue weighted by atomic mass is 19.1. The molecule has 4 heteroatoms. The monoisotopic (exact) mass is 249 g/mol. The van der Waals surface area contributed by atoms with Crippen LogP contribution in [-0.2, 0) is 4.79 Å². The molecule has 1 aromatic rings. The zero-order chi connectivity index (χ0) is 12.9. The molecule has 0 amide bonds. The van der Waals surface area contributed by atoms with Crippen molar-refractivity contribution in [2.24, 2.45) is 5.92 Å². The van der Waals surface area contributed by atoms with E-state index in [1.54, 1.807) is 12.1 Å². The van der Waals surface area contributed by atoms with E-state index < -0.39 is 5.97 Å². The van der Waals surface area contributed by atoms with Crippen LogP contribution in [-0.4, -0.2) is 35.1 Å². The predicted molar refractivity (Wildman–Crippen MR) is 64.8 cm³/mol. The molecule has 4 atom stereocenters. The van der Waals surface area contributed by atoms with E-state index in [0.717, 1.165) is 18.4 Å². The van der Waals surface area contributed by atoms with Crippen LogP contribution in [0.25, 0.3) is 0 Å². The van der Waals surface area contributed by atoms with Crippen molar-refractivity contribution in [1.82, 2.24) is 4.90 Å². The minimum atomic E-state index is -0.733. The third-order valence-corrected chi connectivity index (χ3v) is 4.56. The van der Waals surface area contributed by atoms with Crippen molar-refractivity contribution < 1.29 is 14.3 Å². The van der Waals surface area contributed by atoms with Crippen LogP contribution >= 0.6 is 0 Å². The fourth-order valence-corrected chi connectivity index (χ4v) is 3.77. The van der Waals surface area contributed by atoms with Gasteiger partial charge in [0.05, 0.1) is 5.92 Å². The summed E-state index contributed by atoms with van der Waals surface area (Å²) in [5, 5.41) is 9.44. The normalized spacial score (nSPS) is 35.0. The van der Waals surface area contributed by atoms with Crippen LogP contribution in [0, 0.1) is 11.7 Å². The Morgan fingerprint density at radius 3 is 2.50 bits per heavy atom. The molecule has 0 spiro atoms. The zero-order valence-corrected chi connectivity index (χ0v) is 10.2. The second-order valence-corrected chi connectivity index (χ2v) is 5.32. The summed E-state index contributed by atoms with van der Waals surface area (Å²) in [6, 6.07) is 6.69. The standard InChI is InChI=1S/C14H16FNO2/c1-16-10-6-7-11(16)13(14(17)18)12(10)8-2-4-9(15)5-3-8/h2-5,10-13H,6-7H2,1H3,(H,17,18)/t10?,11?,12-,13?/m0/s1. The Bertz CT molecular complexity index is 473. The molecular weight excluding hydrogens is 233 g/mol. The Labute approximate surface area is 105 Å². The summed E-state index contributed by atoms with van der Waals surface area (Å²) >= 11 is 0. The lowest BCUT2D eigenvalue weighted by molar-refractivity contribution is -0.143. The maximum absolute atomic E-state index is 13.0. The number of nitrogens with zero attached hydrogens (tertiary/aromatic N) is 1. The molecule has 2 bridgehead atoms. The van der Waals surface area contributed by atoms with Gasteiger partial charge in [-0.15, -0.1) is 0 Å². The largest absolute Gasteiger partial charge is 0.481 e. The van der Waals surface area contributed by atoms with Gasteiger partial charge in [0.25, 0.3) is 0 Å². The summed E-state index contributed by atoms with van der Waals surface area (Å²) in [4.78, 5) is 13.7. The predicted octanol–water partition coefficient (Wildman–Crippen LogP) is 2.09. The van der Waals surface area contributed by atoms with E-state index in [1.807, 2.05) is 7.05 Å². The summed E-state index contributed by atoms with van der Waals surface area (Å²) in [5.74, 6) is -1.38. The maximum atomic E-state index is 13.0. The molecule has 18 heavy (non-hydrogen) atoms. The van der Waals surface area contributed by atoms with Crippen LogP contribution in [0.3, 0.4) is 0 Å². The van der Waals surface area contributed by atoms with Crippen molar-refractivity contribution in [3.05, 3.63) is 35.6 Å². The van der Waals surface area contributed by atoms with E-state index in [2.05, 4.69) is 4.90 Å². The molecular formula is C14H16FNO2. The number of halogens is 1. The molecule has 2 aliphatic heterocycles. The third kappa shape index (κ3) is 1.56. The number of carboxylic acid groups (broad SMARTS) is 1. The third-order valence-electron chi connectivity index (χ3n) is 4.56. The molecule has 3 rings (SSSR count). The first-order valence-electron chi connectivity index (χ1n) is 6.30. The quantitative estimate of drug-likeness (QED) is 0.872. The second-order valence-electron chi connectivity index (χ2n) is 5.32. The Kier molecular flexibility index (Phi) is 2.63. The average Bonchev–Trinajstić information content (AvgIpc) is 2.83. The van der Waals surface area contributed by atoms with Crippen LogP contribution in [0.2, 0.25) is 0 Å². The summed E-state index contributed by atoms with van der Waals surface area (Å²) in [6.45, 7) is 0. The molecule has 2 aliphatic rings. The molecule has 1 N–H and O–H groups in total. The van der Waals surface area contributed by atoms with Crippen LogP contribution in [0.5, 0.6) is 0 Å². The molecule has 3 nitrogen and oxygen atoms in total. The van der Waals surface area contributed by atoms with Gasteiger partial charge in [-0.3, -0.25) is 9.69 Å². The smallest absolute Gasteiger partial charge is 0.308 e. The van der Waals surface area contributed by atoms with Gasteiger partial charge in [-0.05, 0) is 37.6 Å². The highest BCUT2D eigenvalue weighted by Gasteiger charge is 2.54. The van der Waals surface area contributed by atoms with Gasteiger partial charge in [0, 0.05) is 18.0 Å². The van der Waals surface area contributed by atoms with Gasteiger partial charge in [-0.25, -0.2) is 4.39 Å². The number of hydrogen-bond acceptors (Lipinski definition) is 2. The number of likely N-dealkylation sites (N-methyl/N-ethyl adjacent to an activating group) is 1. The van der Waals surface area contributed by atoms with E-state index in [1.165, 1.54) is 12.1 Å². The van der Waals surface area contributed by atoms with E-state index in [0.29, 0.717) is 0 Å². The van der Waals surface area contributed by atoms with Gasteiger partial charge in [0.1, 0.15) is 5.82 Å². The average molecular weight is 249 g/mol. The first-order valence-corrected chi connectivity index (χ1v) is 6.30. The summed E-state index contributed by atoms with van der Waals surface area (Å²) in [5.41, 5.74) is 0.947. The van der Waals surface area contributed by atoms with E-state index >= 15 is 0 Å². The molecule has 2 saturated heterocycles. The maximum Gasteiger partial charge on any atom is 0.308 e. The van der Waals surface area contributed by atoms with Crippen LogP contribution in [0.1, 0.15) is 24.3 Å². The minimum Gasteiger partial charge on any atom is -0.481 e. The summed E-state index contributed by atoms with van der Waals surface area (Å²) in [7, 11) is 2.00. The Morgan fingerprint density at radius 1 is 1.28 bits per heavy atom. The number of hydrogen-bond donors (Lipinski definition) is 1. The van der Waals surface area contributed by atoms with Crippen LogP contribution in [0.15, 0.2) is 24.3 Å². The molecule has 0 aliphatic carbocycles. The minimum absolute atomic E-state index is 0.00755. The number of fused-ring (bicyclic) bond motifs is 2. The van der Waals surface area contributed by atoms with Crippen LogP contribution < -0.4 is 0 Å². The number of aliphatic carboxylic acids is 1. The Morgan fingerprint density at radius 2 is 1.89 bits per heavy atom. The molecule has 0 aromatic heterocycles. The summed E-state index contributed by atoms with van der Waals surface area (Å²) in [6.07, 6.45) is 1.99. The lowest BCUT2D eigenvalue weighted by atomic mass is 9.75. The first kappa shape index (κ1) is 11.7. The van der Waals surface area contributed by atoms with Crippen molar-refractivity contribution in [3.8, 4) is 0 Å². The summed E-state index contributed by atoms with van der Waals surface area (Å²) < 4.78 is 13.0. The van der Waals surface area contributed by atoms with E-state index in [9.17, 15) is 14.3 Å². The van der Waals surface area contributed by atoms with E-state index in [-0.39, 0.29) is 29.7 Å². The Hall–Kier alpha value is -1.42. The topological polar surface area (TPSA) is 40.5 Å². The van der Waals surface area contributed by atoms with Gasteiger partial charge >= 0.3 is 5.97 Å². The molecule has 96 valence electrons. The SMILES string of the molecule is CN1C2CCC1[C@H](c1ccc(F)cc1)C2C(=O)O. The highest BCUT2D eigenvalue weighted by molar-refractivity contribution is 5.73. The van der Waals surface area contributed by atoms with Crippen molar-refractivity contribution in [2.45, 2.75) is 30.8 Å². The molecule has 2 heterocycles. The Balaban J connectivity index is 1.99. The molecule has 2 fully saturated rings. The van der Waals surface area contributed by atoms with Crippen molar-refractivity contribution >= 4 is 5.97 Å². The van der Waals surface area contributed by atoms with Crippen molar-refractivity contribution in [3.63, 3.8) is 0 Å². The second kappa shape index (κ2) is 4.05. The molecule has 0 radical (unpaired) electrons. The number of benzene rings is 1. The zero-order valence-electron chi connectivity index (χ0n) is 10.2. The van der Waals surface area contributed by atoms with Gasteiger partial charge < -0.3 is 5.11 Å². The number of carboxylic acids is 1. The highest BCUT2D eigenvalue weighted by Crippen LogP contribution is 2.49. The first-order chi connectivity index (χ1) is 8.59. The van der Waals surface area contributed by atoms with Gasteiger partial charge in [0.2, 0.25) is 0 Å². The van der Waals surface area contributed by atoms with Gasteiger partial charge in [0.15, 0.2) is 0 Å². The van der Waals surface area contributed by atoms with Gasteiger partial charge in [-0.1, -0.05) is 12.1 Å². The number of carbonyl (C=O) groups is 1. The fraction of sp³-hybridized carbons (Fsp3) is 0.500. The van der Waals surface area contributed by atoms with Crippen LogP contribution in [0.4, 0.5) is 4.39 Å². The van der Waals surface area contributed by atoms with Crippen molar-refractivity contribution in [2.75, 3.05) is 7.05 Å².